The second-order valence-corrected chi connectivity index (χ2v) is 7.51. The fraction of sp³-hybridized carbons (Fsp3) is 0.571. The highest BCUT2D eigenvalue weighted by Crippen LogP contribution is 2.35. The number of esters is 1. The van der Waals surface area contributed by atoms with Gasteiger partial charge in [0.1, 0.15) is 12.5 Å². The van der Waals surface area contributed by atoms with Crippen LogP contribution in [0.1, 0.15) is 35.0 Å². The third-order valence-corrected chi connectivity index (χ3v) is 5.48. The van der Waals surface area contributed by atoms with Gasteiger partial charge < -0.3 is 19.2 Å². The van der Waals surface area contributed by atoms with E-state index in [1.807, 2.05) is 26.0 Å². The molecule has 1 fully saturated rings. The number of fused-ring (bicyclic) bond motifs is 3. The lowest BCUT2D eigenvalue weighted by atomic mass is 10.0. The fourth-order valence-corrected chi connectivity index (χ4v) is 3.97. The van der Waals surface area contributed by atoms with Crippen LogP contribution in [0.2, 0.25) is 0 Å². The molecule has 4 rings (SSSR count). The number of H-pyrrole nitrogens is 1. The molecular formula is C21H29N3O4. The number of rotatable bonds is 6. The zero-order chi connectivity index (χ0) is 19.5. The Kier molecular flexibility index (Phi) is 5.85. The van der Waals surface area contributed by atoms with E-state index in [0.29, 0.717) is 18.9 Å². The van der Waals surface area contributed by atoms with Gasteiger partial charge in [-0.25, -0.2) is 4.79 Å². The van der Waals surface area contributed by atoms with Crippen molar-refractivity contribution in [3.63, 3.8) is 0 Å². The van der Waals surface area contributed by atoms with Crippen LogP contribution in [0.25, 0.3) is 10.9 Å². The van der Waals surface area contributed by atoms with E-state index < -0.39 is 0 Å². The lowest BCUT2D eigenvalue weighted by Crippen LogP contribution is -2.43. The number of aromatic amines is 1. The van der Waals surface area contributed by atoms with Gasteiger partial charge in [0.2, 0.25) is 0 Å². The quantitative estimate of drug-likeness (QED) is 0.769. The lowest BCUT2D eigenvalue weighted by Gasteiger charge is -2.33. The van der Waals surface area contributed by atoms with Gasteiger partial charge >= 0.3 is 5.97 Å². The van der Waals surface area contributed by atoms with Crippen LogP contribution in [-0.4, -0.2) is 73.5 Å². The predicted molar refractivity (Wildman–Crippen MR) is 107 cm³/mol. The zero-order valence-electron chi connectivity index (χ0n) is 16.8. The minimum atomic E-state index is -0.260. The third kappa shape index (κ3) is 3.87. The molecule has 1 N–H and O–H groups in total. The maximum atomic E-state index is 12.7. The predicted octanol–water partition coefficient (Wildman–Crippen LogP) is 2.53. The van der Waals surface area contributed by atoms with E-state index in [-0.39, 0.29) is 5.97 Å². The first-order chi connectivity index (χ1) is 13.7. The van der Waals surface area contributed by atoms with Crippen LogP contribution in [0.5, 0.6) is 5.75 Å². The number of aryl methyl sites for hydroxylation is 1. The molecule has 3 heterocycles. The van der Waals surface area contributed by atoms with E-state index >= 15 is 0 Å². The Morgan fingerprint density at radius 2 is 2.00 bits per heavy atom. The van der Waals surface area contributed by atoms with Crippen molar-refractivity contribution in [2.45, 2.75) is 26.8 Å². The first-order valence-electron chi connectivity index (χ1n) is 10.1. The van der Waals surface area contributed by atoms with Crippen LogP contribution in [0.3, 0.4) is 0 Å². The molecule has 1 saturated heterocycles. The number of aromatic nitrogens is 1. The van der Waals surface area contributed by atoms with Crippen LogP contribution < -0.4 is 4.74 Å². The van der Waals surface area contributed by atoms with E-state index in [1.54, 1.807) is 0 Å². The SMILES string of the molecule is CCCOC(=O)c1c(C)[nH]c2ccc3c(c12)CN(CCN1CCOCC1)CO3. The van der Waals surface area contributed by atoms with Gasteiger partial charge in [0.15, 0.2) is 0 Å². The molecule has 1 aromatic heterocycles. The number of hydrogen-bond donors (Lipinski definition) is 1. The number of nitrogens with zero attached hydrogens (tertiary/aromatic N) is 2. The van der Waals surface area contributed by atoms with Crippen molar-refractivity contribution in [3.05, 3.63) is 29.0 Å². The lowest BCUT2D eigenvalue weighted by molar-refractivity contribution is 0.0242. The molecule has 1 aromatic carbocycles. The Morgan fingerprint density at radius 3 is 2.79 bits per heavy atom. The van der Waals surface area contributed by atoms with Crippen LogP contribution in [-0.2, 0) is 16.0 Å². The van der Waals surface area contributed by atoms with Crippen LogP contribution in [0.15, 0.2) is 12.1 Å². The molecular weight excluding hydrogens is 358 g/mol. The second-order valence-electron chi connectivity index (χ2n) is 7.51. The van der Waals surface area contributed by atoms with Gasteiger partial charge in [-0.05, 0) is 25.5 Å². The normalized spacial score (nSPS) is 18.1. The molecule has 0 bridgehead atoms. The maximum absolute atomic E-state index is 12.7. The average molecular weight is 387 g/mol. The summed E-state index contributed by atoms with van der Waals surface area (Å²) in [5, 5.41) is 0.937. The molecule has 0 amide bonds. The number of ether oxygens (including phenoxy) is 3. The number of hydrogen-bond acceptors (Lipinski definition) is 6. The summed E-state index contributed by atoms with van der Waals surface area (Å²) in [6.07, 6.45) is 0.809. The van der Waals surface area contributed by atoms with E-state index in [2.05, 4.69) is 14.8 Å². The third-order valence-electron chi connectivity index (χ3n) is 5.48. The first-order valence-corrected chi connectivity index (χ1v) is 10.1. The minimum Gasteiger partial charge on any atom is -0.478 e. The number of morpholine rings is 1. The van der Waals surface area contributed by atoms with E-state index in [4.69, 9.17) is 14.2 Å². The molecule has 0 spiro atoms. The van der Waals surface area contributed by atoms with Crippen molar-refractivity contribution >= 4 is 16.9 Å². The molecule has 2 aromatic rings. The standard InChI is InChI=1S/C21H29N3O4/c1-3-10-27-21(25)19-15(2)22-17-4-5-18-16(20(17)19)13-24(14-28-18)7-6-23-8-11-26-12-9-23/h4-5,22H,3,6-14H2,1-2H3. The van der Waals surface area contributed by atoms with Crippen molar-refractivity contribution in [1.82, 2.24) is 14.8 Å². The van der Waals surface area contributed by atoms with Gasteiger partial charge in [0.25, 0.3) is 0 Å². The Bertz CT molecular complexity index is 842. The van der Waals surface area contributed by atoms with Crippen molar-refractivity contribution in [3.8, 4) is 5.75 Å². The number of nitrogens with one attached hydrogen (secondary N) is 1. The number of carbonyl (C=O) groups is 1. The summed E-state index contributed by atoms with van der Waals surface area (Å²) in [6, 6.07) is 3.98. The molecule has 0 atom stereocenters. The van der Waals surface area contributed by atoms with Gasteiger partial charge in [-0.15, -0.1) is 0 Å². The molecule has 7 heteroatoms. The van der Waals surface area contributed by atoms with Crippen molar-refractivity contribution in [2.24, 2.45) is 0 Å². The number of carbonyl (C=O) groups excluding carboxylic acids is 1. The topological polar surface area (TPSA) is 67.0 Å². The molecule has 0 saturated carbocycles. The van der Waals surface area contributed by atoms with Gasteiger partial charge in [-0.3, -0.25) is 9.80 Å². The Hall–Kier alpha value is -2.09. The molecule has 0 radical (unpaired) electrons. The summed E-state index contributed by atoms with van der Waals surface area (Å²) in [5.41, 5.74) is 3.51. The smallest absolute Gasteiger partial charge is 0.340 e. The van der Waals surface area contributed by atoms with Crippen LogP contribution >= 0.6 is 0 Å². The summed E-state index contributed by atoms with van der Waals surface area (Å²) in [5.74, 6) is 0.600. The monoisotopic (exact) mass is 387 g/mol. The summed E-state index contributed by atoms with van der Waals surface area (Å²) in [4.78, 5) is 20.7. The molecule has 0 unspecified atom stereocenters. The minimum absolute atomic E-state index is 0.260. The molecule has 0 aliphatic carbocycles. The highest BCUT2D eigenvalue weighted by molar-refractivity contribution is 6.07. The van der Waals surface area contributed by atoms with Crippen molar-refractivity contribution < 1.29 is 19.0 Å². The first kappa shape index (κ1) is 19.2. The number of benzene rings is 1. The van der Waals surface area contributed by atoms with Crippen molar-refractivity contribution in [2.75, 3.05) is 52.7 Å². The van der Waals surface area contributed by atoms with Crippen LogP contribution in [0.4, 0.5) is 0 Å². The molecule has 2 aliphatic rings. The Morgan fingerprint density at radius 1 is 1.21 bits per heavy atom. The highest BCUT2D eigenvalue weighted by atomic mass is 16.5. The Labute approximate surface area is 165 Å². The van der Waals surface area contributed by atoms with E-state index in [0.717, 1.165) is 80.3 Å². The highest BCUT2D eigenvalue weighted by Gasteiger charge is 2.26. The molecule has 7 nitrogen and oxygen atoms in total. The molecule has 2 aliphatic heterocycles. The van der Waals surface area contributed by atoms with Gasteiger partial charge in [-0.2, -0.15) is 0 Å². The van der Waals surface area contributed by atoms with E-state index in [1.165, 1.54) is 0 Å². The largest absolute Gasteiger partial charge is 0.478 e. The maximum Gasteiger partial charge on any atom is 0.340 e. The van der Waals surface area contributed by atoms with Crippen molar-refractivity contribution in [1.29, 1.82) is 0 Å². The zero-order valence-corrected chi connectivity index (χ0v) is 16.8. The molecule has 28 heavy (non-hydrogen) atoms. The Balaban J connectivity index is 1.56. The second kappa shape index (κ2) is 8.51. The van der Waals surface area contributed by atoms with Gasteiger partial charge in [0.05, 0.1) is 25.4 Å². The fourth-order valence-electron chi connectivity index (χ4n) is 3.97. The van der Waals surface area contributed by atoms with Gasteiger partial charge in [0, 0.05) is 54.9 Å². The summed E-state index contributed by atoms with van der Waals surface area (Å²) in [7, 11) is 0. The summed E-state index contributed by atoms with van der Waals surface area (Å²) in [6.45, 7) is 11.2. The summed E-state index contributed by atoms with van der Waals surface area (Å²) < 4.78 is 16.9. The average Bonchev–Trinajstić information content (AvgIpc) is 3.07. The van der Waals surface area contributed by atoms with E-state index in [9.17, 15) is 4.79 Å². The summed E-state index contributed by atoms with van der Waals surface area (Å²) >= 11 is 0. The van der Waals surface area contributed by atoms with Crippen LogP contribution in [0, 0.1) is 6.92 Å². The van der Waals surface area contributed by atoms with Gasteiger partial charge in [-0.1, -0.05) is 6.92 Å². The molecule has 152 valence electrons.